The number of alkyl halides is 2. The molecule has 33 heavy (non-hydrogen) atoms. The van der Waals surface area contributed by atoms with Gasteiger partial charge in [0.1, 0.15) is 17.9 Å². The molecule has 2 N–H and O–H groups in total. The molecule has 0 atom stereocenters. The highest BCUT2D eigenvalue weighted by Crippen LogP contribution is 2.49. The van der Waals surface area contributed by atoms with Gasteiger partial charge in [0.15, 0.2) is 5.60 Å². The van der Waals surface area contributed by atoms with Gasteiger partial charge in [0.2, 0.25) is 0 Å². The zero-order valence-electron chi connectivity index (χ0n) is 18.7. The van der Waals surface area contributed by atoms with Gasteiger partial charge in [-0.25, -0.2) is 13.6 Å². The van der Waals surface area contributed by atoms with Gasteiger partial charge in [-0.2, -0.15) is 4.99 Å². The number of amidine groups is 1. The van der Waals surface area contributed by atoms with E-state index in [0.29, 0.717) is 16.9 Å². The molecule has 0 unspecified atom stereocenters. The molecule has 4 rings (SSSR count). The van der Waals surface area contributed by atoms with Crippen molar-refractivity contribution in [2.24, 2.45) is 16.6 Å². The molecule has 6 nitrogen and oxygen atoms in total. The van der Waals surface area contributed by atoms with Crippen LogP contribution in [0.4, 0.5) is 13.6 Å². The molecule has 0 bridgehead atoms. The summed E-state index contributed by atoms with van der Waals surface area (Å²) in [7, 11) is 0. The largest absolute Gasteiger partial charge is 0.481 e. The summed E-state index contributed by atoms with van der Waals surface area (Å²) in [6.07, 6.45) is 0.346. The van der Waals surface area contributed by atoms with Crippen LogP contribution in [-0.4, -0.2) is 47.7 Å². The lowest BCUT2D eigenvalue weighted by Crippen LogP contribution is -2.61. The summed E-state index contributed by atoms with van der Waals surface area (Å²) in [4.78, 5) is 28.6. The van der Waals surface area contributed by atoms with Crippen molar-refractivity contribution >= 4 is 18.2 Å². The van der Waals surface area contributed by atoms with Crippen molar-refractivity contribution in [2.75, 3.05) is 13.1 Å². The van der Waals surface area contributed by atoms with Crippen LogP contribution >= 0.6 is 0 Å². The highest BCUT2D eigenvalue weighted by molar-refractivity contribution is 5.93. The van der Waals surface area contributed by atoms with Crippen LogP contribution in [0.15, 0.2) is 47.5 Å². The number of carbonyl (C=O) groups is 2. The third kappa shape index (κ3) is 4.34. The number of nitrogens with two attached hydrogens (primary N) is 1. The average molecular weight is 456 g/mol. The fraction of sp³-hybridized carbons (Fsp3) is 0.400. The summed E-state index contributed by atoms with van der Waals surface area (Å²) >= 11 is 0. The number of likely N-dealkylation sites (tertiary alicyclic amines) is 1. The number of benzene rings is 2. The number of amides is 2. The average Bonchev–Trinajstić information content (AvgIpc) is 2.79. The molecule has 2 heterocycles. The van der Waals surface area contributed by atoms with Gasteiger partial charge in [-0.15, -0.1) is 0 Å². The van der Waals surface area contributed by atoms with Crippen molar-refractivity contribution in [3.05, 3.63) is 53.6 Å². The molecule has 2 aliphatic rings. The standard InChI is InChI=1S/C25H27F2N3O3/c1-16(2)22(28)29-23(32)30-11-9-24(10-12-30)25(26,27)14-20-13-19(7-8-21(20)33-24)18-5-3-17(15-31)4-6-18/h3-8,13,15-16H,9-12,14H2,1-2H3,(H2,28,29,32). The van der Waals surface area contributed by atoms with Gasteiger partial charge < -0.3 is 15.4 Å². The Hall–Kier alpha value is -3.29. The van der Waals surface area contributed by atoms with E-state index in [2.05, 4.69) is 4.99 Å². The minimum Gasteiger partial charge on any atom is -0.481 e. The first kappa shape index (κ1) is 22.9. The summed E-state index contributed by atoms with van der Waals surface area (Å²) in [6, 6.07) is 11.7. The van der Waals surface area contributed by atoms with E-state index in [1.165, 1.54) is 4.90 Å². The van der Waals surface area contributed by atoms with Crippen molar-refractivity contribution in [3.63, 3.8) is 0 Å². The molecule has 2 aromatic rings. The van der Waals surface area contributed by atoms with E-state index in [4.69, 9.17) is 10.5 Å². The lowest BCUT2D eigenvalue weighted by Gasteiger charge is -2.48. The van der Waals surface area contributed by atoms with E-state index in [1.807, 2.05) is 19.9 Å². The summed E-state index contributed by atoms with van der Waals surface area (Å²) < 4.78 is 36.7. The Labute approximate surface area is 191 Å². The van der Waals surface area contributed by atoms with Gasteiger partial charge in [0.25, 0.3) is 5.92 Å². The van der Waals surface area contributed by atoms with Crippen molar-refractivity contribution in [1.29, 1.82) is 0 Å². The first-order valence-electron chi connectivity index (χ1n) is 11.0. The van der Waals surface area contributed by atoms with Crippen molar-refractivity contribution < 1.29 is 23.1 Å². The van der Waals surface area contributed by atoms with Gasteiger partial charge in [0.05, 0.1) is 0 Å². The predicted molar refractivity (Wildman–Crippen MR) is 122 cm³/mol. The van der Waals surface area contributed by atoms with Gasteiger partial charge in [-0.05, 0) is 23.3 Å². The topological polar surface area (TPSA) is 85.0 Å². The molecule has 1 spiro atoms. The van der Waals surface area contributed by atoms with E-state index in [0.717, 1.165) is 17.4 Å². The third-order valence-corrected chi connectivity index (χ3v) is 6.48. The summed E-state index contributed by atoms with van der Waals surface area (Å²) in [6.45, 7) is 3.91. The van der Waals surface area contributed by atoms with E-state index >= 15 is 8.78 Å². The van der Waals surface area contributed by atoms with Gasteiger partial charge in [-0.1, -0.05) is 44.2 Å². The Bertz CT molecular complexity index is 1090. The van der Waals surface area contributed by atoms with E-state index in [1.54, 1.807) is 36.4 Å². The Balaban J connectivity index is 1.52. The zero-order chi connectivity index (χ0) is 23.8. The van der Waals surface area contributed by atoms with E-state index in [9.17, 15) is 9.59 Å². The van der Waals surface area contributed by atoms with Crippen LogP contribution in [-0.2, 0) is 6.42 Å². The van der Waals surface area contributed by atoms with Crippen LogP contribution in [0.25, 0.3) is 11.1 Å². The number of ether oxygens (including phenoxy) is 1. The van der Waals surface area contributed by atoms with Crippen LogP contribution in [0.2, 0.25) is 0 Å². The number of halogens is 2. The van der Waals surface area contributed by atoms with Crippen LogP contribution in [0, 0.1) is 5.92 Å². The molecule has 174 valence electrons. The van der Waals surface area contributed by atoms with E-state index < -0.39 is 24.0 Å². The van der Waals surface area contributed by atoms with E-state index in [-0.39, 0.29) is 37.7 Å². The maximum absolute atomic E-state index is 15.4. The fourth-order valence-corrected chi connectivity index (χ4v) is 4.27. The summed E-state index contributed by atoms with van der Waals surface area (Å²) in [5, 5.41) is 0. The second kappa shape index (κ2) is 8.57. The number of hydrogen-bond acceptors (Lipinski definition) is 3. The van der Waals surface area contributed by atoms with Crippen LogP contribution < -0.4 is 10.5 Å². The molecule has 0 radical (unpaired) electrons. The first-order valence-corrected chi connectivity index (χ1v) is 11.0. The van der Waals surface area contributed by atoms with Gasteiger partial charge >= 0.3 is 6.03 Å². The number of rotatable bonds is 3. The van der Waals surface area contributed by atoms with Crippen molar-refractivity contribution in [1.82, 2.24) is 4.90 Å². The quantitative estimate of drug-likeness (QED) is 0.413. The van der Waals surface area contributed by atoms with Gasteiger partial charge in [0, 0.05) is 49.4 Å². The number of piperidine rings is 1. The minimum absolute atomic E-state index is 0.0111. The molecular formula is C25H27F2N3O3. The molecule has 1 fully saturated rings. The van der Waals surface area contributed by atoms with Gasteiger partial charge in [-0.3, -0.25) is 4.79 Å². The maximum Gasteiger partial charge on any atom is 0.345 e. The molecule has 0 aliphatic carbocycles. The normalized spacial score (nSPS) is 19.2. The number of carbonyl (C=O) groups excluding carboxylic acids is 2. The summed E-state index contributed by atoms with van der Waals surface area (Å²) in [5.41, 5.74) is 6.72. The SMILES string of the molecule is CC(C)/C(N)=N/C(=O)N1CCC2(CC1)Oc1ccc(-c3ccc(C=O)cc3)cc1CC2(F)F. The lowest BCUT2D eigenvalue weighted by molar-refractivity contribution is -0.192. The molecule has 2 amide bonds. The maximum atomic E-state index is 15.4. The number of fused-ring (bicyclic) bond motifs is 1. The zero-order valence-corrected chi connectivity index (χ0v) is 18.7. The monoisotopic (exact) mass is 455 g/mol. The molecule has 2 aromatic carbocycles. The second-order valence-electron chi connectivity index (χ2n) is 9.00. The molecule has 2 aliphatic heterocycles. The third-order valence-electron chi connectivity index (χ3n) is 6.48. The summed E-state index contributed by atoms with van der Waals surface area (Å²) in [5.74, 6) is -2.49. The Morgan fingerprint density at radius 1 is 1.12 bits per heavy atom. The Morgan fingerprint density at radius 3 is 2.36 bits per heavy atom. The van der Waals surface area contributed by atoms with Crippen molar-refractivity contribution in [3.8, 4) is 16.9 Å². The van der Waals surface area contributed by atoms with Crippen LogP contribution in [0.5, 0.6) is 5.75 Å². The molecule has 1 saturated heterocycles. The minimum atomic E-state index is -3.09. The highest BCUT2D eigenvalue weighted by atomic mass is 19.3. The van der Waals surface area contributed by atoms with Crippen LogP contribution in [0.3, 0.4) is 0 Å². The molecule has 0 saturated carbocycles. The number of hydrogen-bond donors (Lipinski definition) is 1. The molecule has 0 aromatic heterocycles. The smallest absolute Gasteiger partial charge is 0.345 e. The first-order chi connectivity index (χ1) is 15.6. The lowest BCUT2D eigenvalue weighted by atomic mass is 9.79. The highest BCUT2D eigenvalue weighted by Gasteiger charge is 2.59. The number of aliphatic imine (C=N–C) groups is 1. The molecule has 8 heteroatoms. The Morgan fingerprint density at radius 2 is 1.76 bits per heavy atom. The number of nitrogens with zero attached hydrogens (tertiary/aromatic N) is 2. The van der Waals surface area contributed by atoms with Crippen LogP contribution in [0.1, 0.15) is 42.6 Å². The fourth-order valence-electron chi connectivity index (χ4n) is 4.27. The number of aldehydes is 1. The Kier molecular flexibility index (Phi) is 5.95. The molecular weight excluding hydrogens is 428 g/mol. The predicted octanol–water partition coefficient (Wildman–Crippen LogP) is 4.70. The number of urea groups is 1. The second-order valence-corrected chi connectivity index (χ2v) is 9.00. The van der Waals surface area contributed by atoms with Crippen molar-refractivity contribution in [2.45, 2.75) is 44.6 Å².